The van der Waals surface area contributed by atoms with Gasteiger partial charge in [-0.1, -0.05) is 30.3 Å². The number of fused-ring (bicyclic) bond motifs is 1. The second-order valence-electron chi connectivity index (χ2n) is 6.15. The van der Waals surface area contributed by atoms with Gasteiger partial charge >= 0.3 is 0 Å². The van der Waals surface area contributed by atoms with Crippen molar-refractivity contribution in [1.29, 1.82) is 0 Å². The summed E-state index contributed by atoms with van der Waals surface area (Å²) in [6.07, 6.45) is 4.22. The van der Waals surface area contributed by atoms with Crippen molar-refractivity contribution in [3.8, 4) is 5.75 Å². The van der Waals surface area contributed by atoms with Gasteiger partial charge in [0.25, 0.3) is 5.91 Å². The summed E-state index contributed by atoms with van der Waals surface area (Å²) in [7, 11) is 0. The molecule has 0 aliphatic heterocycles. The number of hydrogen-bond acceptors (Lipinski definition) is 3. The van der Waals surface area contributed by atoms with Crippen LogP contribution in [0.1, 0.15) is 28.7 Å². The highest BCUT2D eigenvalue weighted by Crippen LogP contribution is 2.25. The predicted octanol–water partition coefficient (Wildman–Crippen LogP) is 2.41. The fourth-order valence-electron chi connectivity index (χ4n) is 3.00. The van der Waals surface area contributed by atoms with Gasteiger partial charge in [0.2, 0.25) is 0 Å². The summed E-state index contributed by atoms with van der Waals surface area (Å²) in [4.78, 5) is 11.9. The lowest BCUT2D eigenvalue weighted by Gasteiger charge is -2.09. The van der Waals surface area contributed by atoms with Crippen LogP contribution in [0.3, 0.4) is 0 Å². The summed E-state index contributed by atoms with van der Waals surface area (Å²) in [5.41, 5.74) is 4.77. The van der Waals surface area contributed by atoms with Crippen LogP contribution < -0.4 is 10.1 Å². The maximum atomic E-state index is 11.9. The van der Waals surface area contributed by atoms with Crippen LogP contribution in [-0.4, -0.2) is 24.2 Å². The summed E-state index contributed by atoms with van der Waals surface area (Å²) in [5.74, 6) is 0.660. The van der Waals surface area contributed by atoms with Crippen LogP contribution in [0.15, 0.2) is 42.5 Å². The zero-order chi connectivity index (χ0) is 16.8. The molecule has 0 bridgehead atoms. The minimum atomic E-state index is -0.109. The number of aliphatic hydroxyl groups excluding tert-OH is 1. The normalized spacial score (nSPS) is 12.7. The first-order valence-electron chi connectivity index (χ1n) is 8.44. The standard InChI is InChI=1S/C20H23NO3/c22-13-16-6-4-15(5-7-16)10-11-21-20(23)14-24-19-9-8-17-2-1-3-18(17)12-19/h4-9,12,22H,1-3,10-11,13-14H2,(H,21,23). The van der Waals surface area contributed by atoms with Crippen molar-refractivity contribution in [1.82, 2.24) is 5.32 Å². The Morgan fingerprint density at radius 3 is 2.58 bits per heavy atom. The number of aryl methyl sites for hydroxylation is 2. The number of carbonyl (C=O) groups is 1. The van der Waals surface area contributed by atoms with E-state index in [1.807, 2.05) is 30.3 Å². The highest BCUT2D eigenvalue weighted by Gasteiger charge is 2.11. The van der Waals surface area contributed by atoms with Gasteiger partial charge < -0.3 is 15.2 Å². The third-order valence-corrected chi connectivity index (χ3v) is 4.38. The average Bonchev–Trinajstić information content (AvgIpc) is 3.08. The summed E-state index contributed by atoms with van der Waals surface area (Å²) in [6, 6.07) is 13.8. The Bertz CT molecular complexity index is 695. The van der Waals surface area contributed by atoms with E-state index in [0.717, 1.165) is 36.1 Å². The van der Waals surface area contributed by atoms with Crippen molar-refractivity contribution in [2.24, 2.45) is 0 Å². The van der Waals surface area contributed by atoms with E-state index in [0.29, 0.717) is 6.54 Å². The van der Waals surface area contributed by atoms with Gasteiger partial charge in [-0.25, -0.2) is 0 Å². The van der Waals surface area contributed by atoms with Crippen LogP contribution in [-0.2, 0) is 30.7 Å². The largest absolute Gasteiger partial charge is 0.484 e. The van der Waals surface area contributed by atoms with Gasteiger partial charge in [0.15, 0.2) is 6.61 Å². The van der Waals surface area contributed by atoms with Crippen LogP contribution in [0.2, 0.25) is 0 Å². The highest BCUT2D eigenvalue weighted by molar-refractivity contribution is 5.77. The van der Waals surface area contributed by atoms with E-state index in [2.05, 4.69) is 17.4 Å². The molecule has 0 saturated carbocycles. The molecule has 126 valence electrons. The molecule has 0 radical (unpaired) electrons. The van der Waals surface area contributed by atoms with E-state index in [4.69, 9.17) is 9.84 Å². The van der Waals surface area contributed by atoms with Crippen LogP contribution in [0.25, 0.3) is 0 Å². The second kappa shape index (κ2) is 7.97. The maximum absolute atomic E-state index is 11.9. The molecule has 0 atom stereocenters. The minimum Gasteiger partial charge on any atom is -0.484 e. The Labute approximate surface area is 142 Å². The quantitative estimate of drug-likeness (QED) is 0.822. The van der Waals surface area contributed by atoms with Gasteiger partial charge in [0.1, 0.15) is 5.75 Å². The molecule has 2 aromatic rings. The summed E-state index contributed by atoms with van der Waals surface area (Å²) < 4.78 is 5.59. The fraction of sp³-hybridized carbons (Fsp3) is 0.350. The molecular weight excluding hydrogens is 302 g/mol. The Morgan fingerprint density at radius 2 is 1.79 bits per heavy atom. The summed E-state index contributed by atoms with van der Waals surface area (Å²) in [6.45, 7) is 0.671. The van der Waals surface area contributed by atoms with Crippen molar-refractivity contribution in [2.75, 3.05) is 13.2 Å². The average molecular weight is 325 g/mol. The zero-order valence-corrected chi connectivity index (χ0v) is 13.8. The minimum absolute atomic E-state index is 0.0439. The topological polar surface area (TPSA) is 58.6 Å². The lowest BCUT2D eigenvalue weighted by molar-refractivity contribution is -0.123. The molecule has 1 aliphatic carbocycles. The SMILES string of the molecule is O=C(COc1ccc2c(c1)CCC2)NCCc1ccc(CO)cc1. The van der Waals surface area contributed by atoms with E-state index in [-0.39, 0.29) is 19.1 Å². The fourth-order valence-corrected chi connectivity index (χ4v) is 3.00. The molecule has 0 heterocycles. The molecule has 0 unspecified atom stereocenters. The van der Waals surface area contributed by atoms with Crippen molar-refractivity contribution in [2.45, 2.75) is 32.3 Å². The van der Waals surface area contributed by atoms with Crippen LogP contribution >= 0.6 is 0 Å². The number of hydrogen-bond donors (Lipinski definition) is 2. The maximum Gasteiger partial charge on any atom is 0.257 e. The van der Waals surface area contributed by atoms with Crippen molar-refractivity contribution in [3.63, 3.8) is 0 Å². The monoisotopic (exact) mass is 325 g/mol. The van der Waals surface area contributed by atoms with Crippen LogP contribution in [0.4, 0.5) is 0 Å². The molecule has 4 heteroatoms. The molecule has 24 heavy (non-hydrogen) atoms. The first-order valence-corrected chi connectivity index (χ1v) is 8.44. The van der Waals surface area contributed by atoms with Crippen molar-refractivity contribution in [3.05, 3.63) is 64.7 Å². The van der Waals surface area contributed by atoms with E-state index < -0.39 is 0 Å². The number of benzene rings is 2. The van der Waals surface area contributed by atoms with Crippen LogP contribution in [0, 0.1) is 0 Å². The smallest absolute Gasteiger partial charge is 0.257 e. The molecule has 3 rings (SSSR count). The third kappa shape index (κ3) is 4.36. The molecule has 0 aromatic heterocycles. The highest BCUT2D eigenvalue weighted by atomic mass is 16.5. The lowest BCUT2D eigenvalue weighted by atomic mass is 10.1. The van der Waals surface area contributed by atoms with Gasteiger partial charge in [-0.3, -0.25) is 4.79 Å². The Kier molecular flexibility index (Phi) is 5.49. The number of ether oxygens (including phenoxy) is 1. The van der Waals surface area contributed by atoms with E-state index in [9.17, 15) is 4.79 Å². The van der Waals surface area contributed by atoms with E-state index in [1.54, 1.807) is 0 Å². The molecule has 0 spiro atoms. The molecule has 1 aliphatic rings. The van der Waals surface area contributed by atoms with Gasteiger partial charge in [-0.15, -0.1) is 0 Å². The van der Waals surface area contributed by atoms with Crippen molar-refractivity contribution < 1.29 is 14.6 Å². The summed E-state index contributed by atoms with van der Waals surface area (Å²) in [5, 5.41) is 11.9. The first-order chi connectivity index (χ1) is 11.7. The molecule has 0 saturated heterocycles. The molecule has 2 N–H and O–H groups in total. The first kappa shape index (κ1) is 16.5. The summed E-state index contributed by atoms with van der Waals surface area (Å²) >= 11 is 0. The number of rotatable bonds is 7. The van der Waals surface area contributed by atoms with Gasteiger partial charge in [-0.2, -0.15) is 0 Å². The third-order valence-electron chi connectivity index (χ3n) is 4.38. The lowest BCUT2D eigenvalue weighted by Crippen LogP contribution is -2.30. The molecule has 0 fully saturated rings. The van der Waals surface area contributed by atoms with Crippen molar-refractivity contribution >= 4 is 5.91 Å². The number of carbonyl (C=O) groups excluding carboxylic acids is 1. The van der Waals surface area contributed by atoms with Gasteiger partial charge in [-0.05, 0) is 60.1 Å². The van der Waals surface area contributed by atoms with Gasteiger partial charge in [0.05, 0.1) is 6.61 Å². The number of amides is 1. The van der Waals surface area contributed by atoms with E-state index in [1.165, 1.54) is 17.5 Å². The Morgan fingerprint density at radius 1 is 1.04 bits per heavy atom. The molecule has 1 amide bonds. The van der Waals surface area contributed by atoms with E-state index >= 15 is 0 Å². The number of nitrogens with one attached hydrogen (secondary N) is 1. The van der Waals surface area contributed by atoms with Crippen LogP contribution in [0.5, 0.6) is 5.75 Å². The predicted molar refractivity (Wildman–Crippen MR) is 93.0 cm³/mol. The number of aliphatic hydroxyl groups is 1. The Hall–Kier alpha value is -2.33. The zero-order valence-electron chi connectivity index (χ0n) is 13.8. The molecular formula is C20H23NO3. The Balaban J connectivity index is 1.39. The molecule has 2 aromatic carbocycles. The second-order valence-corrected chi connectivity index (χ2v) is 6.15. The van der Waals surface area contributed by atoms with Gasteiger partial charge in [0, 0.05) is 6.54 Å². The molecule has 4 nitrogen and oxygen atoms in total.